The molecule has 3 rings (SSSR count). The molecule has 0 saturated carbocycles. The quantitative estimate of drug-likeness (QED) is 0.405. The van der Waals surface area contributed by atoms with Crippen molar-refractivity contribution < 1.29 is 18.8 Å². The smallest absolute Gasteiger partial charge is 0.291 e. The van der Waals surface area contributed by atoms with Gasteiger partial charge in [-0.15, -0.1) is 0 Å². The lowest BCUT2D eigenvalue weighted by Crippen LogP contribution is -2.32. The van der Waals surface area contributed by atoms with Crippen LogP contribution in [0.2, 0.25) is 0 Å². The van der Waals surface area contributed by atoms with Gasteiger partial charge < -0.3 is 25.7 Å². The lowest BCUT2D eigenvalue weighted by atomic mass is 10.1. The Morgan fingerprint density at radius 1 is 0.875 bits per heavy atom. The number of rotatable bonds is 9. The fourth-order valence-corrected chi connectivity index (χ4v) is 2.84. The van der Waals surface area contributed by atoms with Gasteiger partial charge in [0.15, 0.2) is 5.76 Å². The topological polar surface area (TPSA) is 112 Å². The minimum atomic E-state index is -0.359. The minimum Gasteiger partial charge on any atom is -0.459 e. The molecule has 1 atom stereocenters. The van der Waals surface area contributed by atoms with Crippen molar-refractivity contribution in [1.82, 2.24) is 5.32 Å². The van der Waals surface area contributed by atoms with Crippen molar-refractivity contribution >= 4 is 34.8 Å². The van der Waals surface area contributed by atoms with Gasteiger partial charge >= 0.3 is 0 Å². The van der Waals surface area contributed by atoms with Crippen molar-refractivity contribution in [2.75, 3.05) is 22.5 Å². The molecule has 0 bridgehead atoms. The van der Waals surface area contributed by atoms with E-state index in [0.29, 0.717) is 22.6 Å². The van der Waals surface area contributed by atoms with Crippen LogP contribution >= 0.6 is 0 Å². The molecule has 32 heavy (non-hydrogen) atoms. The number of hydrogen-bond acceptors (Lipinski definition) is 5. The van der Waals surface area contributed by atoms with Crippen LogP contribution in [0.5, 0.6) is 0 Å². The molecular formula is C24H26N4O4. The second-order valence-electron chi connectivity index (χ2n) is 7.28. The van der Waals surface area contributed by atoms with Crippen molar-refractivity contribution in [3.8, 4) is 0 Å². The molecule has 0 saturated heterocycles. The highest BCUT2D eigenvalue weighted by molar-refractivity contribution is 6.02. The van der Waals surface area contributed by atoms with E-state index in [-0.39, 0.29) is 36.1 Å². The number of benzene rings is 2. The fraction of sp³-hybridized carbons (Fsp3) is 0.208. The van der Waals surface area contributed by atoms with Crippen LogP contribution in [0.3, 0.4) is 0 Å². The average molecular weight is 434 g/mol. The van der Waals surface area contributed by atoms with Gasteiger partial charge in [-0.2, -0.15) is 0 Å². The maximum atomic E-state index is 12.4. The first kappa shape index (κ1) is 22.6. The van der Waals surface area contributed by atoms with Gasteiger partial charge in [-0.1, -0.05) is 19.1 Å². The molecule has 3 aromatic rings. The Bertz CT molecular complexity index is 1080. The minimum absolute atomic E-state index is 0.0128. The summed E-state index contributed by atoms with van der Waals surface area (Å²) in [6, 6.07) is 17.1. The predicted molar refractivity (Wildman–Crippen MR) is 124 cm³/mol. The maximum absolute atomic E-state index is 12.4. The van der Waals surface area contributed by atoms with Crippen molar-refractivity contribution in [2.45, 2.75) is 26.3 Å². The first-order chi connectivity index (χ1) is 15.4. The van der Waals surface area contributed by atoms with Gasteiger partial charge in [0.05, 0.1) is 12.8 Å². The molecule has 1 unspecified atom stereocenters. The zero-order valence-corrected chi connectivity index (χ0v) is 18.0. The summed E-state index contributed by atoms with van der Waals surface area (Å²) in [6.45, 7) is 3.95. The summed E-state index contributed by atoms with van der Waals surface area (Å²) in [5, 5.41) is 11.4. The lowest BCUT2D eigenvalue weighted by Gasteiger charge is -2.13. The van der Waals surface area contributed by atoms with E-state index in [4.69, 9.17) is 4.42 Å². The van der Waals surface area contributed by atoms with Gasteiger partial charge in [0.2, 0.25) is 5.91 Å². The molecule has 0 aliphatic heterocycles. The van der Waals surface area contributed by atoms with Gasteiger partial charge in [0, 0.05) is 28.7 Å². The molecule has 166 valence electrons. The number of carbonyl (C=O) groups excluding carboxylic acids is 3. The van der Waals surface area contributed by atoms with E-state index in [2.05, 4.69) is 21.3 Å². The van der Waals surface area contributed by atoms with Gasteiger partial charge in [-0.05, 0) is 61.9 Å². The van der Waals surface area contributed by atoms with E-state index in [0.717, 1.165) is 6.42 Å². The Labute approximate surface area is 186 Å². The van der Waals surface area contributed by atoms with Gasteiger partial charge in [0.1, 0.15) is 0 Å². The SMILES string of the molecule is CCC(C)NC(=O)c1cccc(NC(=O)CNc2cccc(NC(=O)c3ccco3)c2)c1. The van der Waals surface area contributed by atoms with Crippen LogP contribution in [0.4, 0.5) is 17.1 Å². The molecule has 0 aliphatic rings. The number of hydrogen-bond donors (Lipinski definition) is 4. The van der Waals surface area contributed by atoms with Crippen molar-refractivity contribution in [2.24, 2.45) is 0 Å². The van der Waals surface area contributed by atoms with Gasteiger partial charge in [-0.25, -0.2) is 0 Å². The predicted octanol–water partition coefficient (Wildman–Crippen LogP) is 4.11. The second-order valence-corrected chi connectivity index (χ2v) is 7.28. The normalized spacial score (nSPS) is 11.3. The van der Waals surface area contributed by atoms with E-state index in [1.165, 1.54) is 6.26 Å². The first-order valence-corrected chi connectivity index (χ1v) is 10.3. The van der Waals surface area contributed by atoms with Gasteiger partial charge in [0.25, 0.3) is 11.8 Å². The molecule has 0 spiro atoms. The first-order valence-electron chi connectivity index (χ1n) is 10.3. The van der Waals surface area contributed by atoms with E-state index >= 15 is 0 Å². The Morgan fingerprint density at radius 3 is 2.31 bits per heavy atom. The molecule has 3 amide bonds. The molecule has 1 aromatic heterocycles. The molecule has 0 aliphatic carbocycles. The molecule has 8 nitrogen and oxygen atoms in total. The molecule has 8 heteroatoms. The third-order valence-electron chi connectivity index (χ3n) is 4.72. The summed E-state index contributed by atoms with van der Waals surface area (Å²) >= 11 is 0. The highest BCUT2D eigenvalue weighted by atomic mass is 16.3. The van der Waals surface area contributed by atoms with Crippen LogP contribution in [-0.4, -0.2) is 30.3 Å². The van der Waals surface area contributed by atoms with E-state index < -0.39 is 0 Å². The van der Waals surface area contributed by atoms with E-state index in [1.807, 2.05) is 13.8 Å². The maximum Gasteiger partial charge on any atom is 0.291 e. The largest absolute Gasteiger partial charge is 0.459 e. The second kappa shape index (κ2) is 10.8. The lowest BCUT2D eigenvalue weighted by molar-refractivity contribution is -0.114. The number of amides is 3. The summed E-state index contributed by atoms with van der Waals surface area (Å²) in [5.41, 5.74) is 2.25. The van der Waals surface area contributed by atoms with E-state index in [1.54, 1.807) is 60.7 Å². The van der Waals surface area contributed by atoms with Crippen LogP contribution in [0.25, 0.3) is 0 Å². The summed E-state index contributed by atoms with van der Waals surface area (Å²) in [6.07, 6.45) is 2.26. The van der Waals surface area contributed by atoms with Crippen LogP contribution in [0.15, 0.2) is 71.3 Å². The molecule has 0 fully saturated rings. The molecule has 1 heterocycles. The van der Waals surface area contributed by atoms with Crippen molar-refractivity contribution in [3.63, 3.8) is 0 Å². The van der Waals surface area contributed by atoms with Crippen LogP contribution in [-0.2, 0) is 4.79 Å². The van der Waals surface area contributed by atoms with Crippen LogP contribution < -0.4 is 21.3 Å². The van der Waals surface area contributed by atoms with Gasteiger partial charge in [-0.3, -0.25) is 14.4 Å². The van der Waals surface area contributed by atoms with Crippen LogP contribution in [0.1, 0.15) is 41.2 Å². The monoisotopic (exact) mass is 434 g/mol. The molecular weight excluding hydrogens is 408 g/mol. The Balaban J connectivity index is 1.53. The summed E-state index contributed by atoms with van der Waals surface area (Å²) < 4.78 is 5.08. The zero-order chi connectivity index (χ0) is 22.9. The zero-order valence-electron chi connectivity index (χ0n) is 18.0. The highest BCUT2D eigenvalue weighted by Gasteiger charge is 2.11. The average Bonchev–Trinajstić information content (AvgIpc) is 3.33. The Kier molecular flexibility index (Phi) is 7.64. The van der Waals surface area contributed by atoms with Crippen molar-refractivity contribution in [3.05, 3.63) is 78.3 Å². The highest BCUT2D eigenvalue weighted by Crippen LogP contribution is 2.16. The Morgan fingerprint density at radius 2 is 1.59 bits per heavy atom. The summed E-state index contributed by atoms with van der Waals surface area (Å²) in [4.78, 5) is 36.7. The van der Waals surface area contributed by atoms with Crippen LogP contribution in [0, 0.1) is 0 Å². The Hall–Kier alpha value is -4.07. The van der Waals surface area contributed by atoms with Crippen molar-refractivity contribution in [1.29, 1.82) is 0 Å². The summed E-state index contributed by atoms with van der Waals surface area (Å²) in [5.74, 6) is -0.596. The number of nitrogens with one attached hydrogen (secondary N) is 4. The summed E-state index contributed by atoms with van der Waals surface area (Å²) in [7, 11) is 0. The third-order valence-corrected chi connectivity index (χ3v) is 4.72. The van der Waals surface area contributed by atoms with E-state index in [9.17, 15) is 14.4 Å². The number of anilines is 3. The molecule has 0 radical (unpaired) electrons. The number of carbonyl (C=O) groups is 3. The number of furan rings is 1. The molecule has 4 N–H and O–H groups in total. The third kappa shape index (κ3) is 6.46. The molecule has 2 aromatic carbocycles. The standard InChI is InChI=1S/C24H26N4O4/c1-3-16(2)26-23(30)17-7-4-9-19(13-17)27-22(29)15-25-18-8-5-10-20(14-18)28-24(31)21-11-6-12-32-21/h4-14,16,25H,3,15H2,1-2H3,(H,26,30)(H,27,29)(H,28,31). The fourth-order valence-electron chi connectivity index (χ4n) is 2.84.